The molecule has 1 aromatic carbocycles. The van der Waals surface area contributed by atoms with E-state index in [0.29, 0.717) is 12.1 Å². The first-order valence-electron chi connectivity index (χ1n) is 10.7. The zero-order chi connectivity index (χ0) is 23.5. The summed E-state index contributed by atoms with van der Waals surface area (Å²) in [6.07, 6.45) is -4.56. The maximum Gasteiger partial charge on any atom is 0.416 e. The molecule has 4 nitrogen and oxygen atoms in total. The highest BCUT2D eigenvalue weighted by atomic mass is 19.4. The van der Waals surface area contributed by atoms with Gasteiger partial charge in [0.1, 0.15) is 0 Å². The first kappa shape index (κ1) is 24.4. The lowest BCUT2D eigenvalue weighted by molar-refractivity contribution is -0.143. The SMILES string of the molecule is C=C(NC1CCC(CC(=O)Nc2cc(C(F)(F)F)cc(C(F)(F)F)c2)CC1)[C@H]1CCCN1. The van der Waals surface area contributed by atoms with Gasteiger partial charge in [-0.15, -0.1) is 0 Å². The molecule has 1 heterocycles. The van der Waals surface area contributed by atoms with Crippen LogP contribution in [0.2, 0.25) is 0 Å². The van der Waals surface area contributed by atoms with Crippen LogP contribution in [0.15, 0.2) is 30.5 Å². The van der Waals surface area contributed by atoms with Crippen molar-refractivity contribution in [3.63, 3.8) is 0 Å². The number of alkyl halides is 6. The van der Waals surface area contributed by atoms with Crippen LogP contribution in [0.1, 0.15) is 56.1 Å². The lowest BCUT2D eigenvalue weighted by Gasteiger charge is -2.31. The number of halogens is 6. The van der Waals surface area contributed by atoms with Gasteiger partial charge in [0.15, 0.2) is 0 Å². The molecule has 1 aliphatic heterocycles. The van der Waals surface area contributed by atoms with Gasteiger partial charge < -0.3 is 16.0 Å². The maximum atomic E-state index is 13.0. The molecule has 1 amide bonds. The summed E-state index contributed by atoms with van der Waals surface area (Å²) in [5.41, 5.74) is -2.45. The molecule has 10 heteroatoms. The van der Waals surface area contributed by atoms with Crippen molar-refractivity contribution in [3.05, 3.63) is 41.6 Å². The van der Waals surface area contributed by atoms with Crippen LogP contribution in [0.4, 0.5) is 32.0 Å². The number of amides is 1. The van der Waals surface area contributed by atoms with Gasteiger partial charge in [0, 0.05) is 29.9 Å². The van der Waals surface area contributed by atoms with E-state index in [0.717, 1.165) is 50.8 Å². The van der Waals surface area contributed by atoms with Crippen molar-refractivity contribution in [2.24, 2.45) is 5.92 Å². The Morgan fingerprint density at radius 1 is 0.969 bits per heavy atom. The molecule has 1 saturated heterocycles. The van der Waals surface area contributed by atoms with E-state index in [1.54, 1.807) is 0 Å². The van der Waals surface area contributed by atoms with E-state index in [-0.39, 0.29) is 30.5 Å². The van der Waals surface area contributed by atoms with Crippen molar-refractivity contribution in [2.75, 3.05) is 11.9 Å². The third kappa shape index (κ3) is 6.63. The van der Waals surface area contributed by atoms with Crippen LogP contribution in [-0.4, -0.2) is 24.5 Å². The molecule has 0 unspecified atom stereocenters. The highest BCUT2D eigenvalue weighted by molar-refractivity contribution is 5.91. The van der Waals surface area contributed by atoms with E-state index in [2.05, 4.69) is 22.5 Å². The molecule has 3 rings (SSSR count). The summed E-state index contributed by atoms with van der Waals surface area (Å²) in [6.45, 7) is 5.07. The first-order valence-corrected chi connectivity index (χ1v) is 10.7. The van der Waals surface area contributed by atoms with Crippen LogP contribution in [0, 0.1) is 5.92 Å². The van der Waals surface area contributed by atoms with E-state index in [9.17, 15) is 31.1 Å². The number of carbonyl (C=O) groups excluding carboxylic acids is 1. The van der Waals surface area contributed by atoms with Crippen LogP contribution in [0.5, 0.6) is 0 Å². The summed E-state index contributed by atoms with van der Waals surface area (Å²) in [7, 11) is 0. The quantitative estimate of drug-likeness (QED) is 0.491. The summed E-state index contributed by atoms with van der Waals surface area (Å²) >= 11 is 0. The molecular weight excluding hydrogens is 436 g/mol. The highest BCUT2D eigenvalue weighted by Gasteiger charge is 2.37. The van der Waals surface area contributed by atoms with Crippen molar-refractivity contribution in [2.45, 2.75) is 69.4 Å². The van der Waals surface area contributed by atoms with E-state index in [1.807, 2.05) is 0 Å². The highest BCUT2D eigenvalue weighted by Crippen LogP contribution is 2.37. The molecule has 2 fully saturated rings. The van der Waals surface area contributed by atoms with Crippen LogP contribution >= 0.6 is 0 Å². The van der Waals surface area contributed by atoms with Gasteiger partial charge in [-0.1, -0.05) is 6.58 Å². The Hall–Kier alpha value is -2.23. The maximum absolute atomic E-state index is 13.0. The van der Waals surface area contributed by atoms with E-state index >= 15 is 0 Å². The molecule has 2 aliphatic rings. The molecule has 3 N–H and O–H groups in total. The molecule has 0 bridgehead atoms. The zero-order valence-corrected chi connectivity index (χ0v) is 17.5. The molecule has 0 spiro atoms. The van der Waals surface area contributed by atoms with Gasteiger partial charge in [-0.05, 0) is 69.2 Å². The summed E-state index contributed by atoms with van der Waals surface area (Å²) in [4.78, 5) is 12.3. The Balaban J connectivity index is 1.53. The lowest BCUT2D eigenvalue weighted by Crippen LogP contribution is -2.39. The van der Waals surface area contributed by atoms with Crippen LogP contribution < -0.4 is 16.0 Å². The second kappa shape index (κ2) is 9.72. The molecular formula is C22H27F6N3O. The molecule has 1 aromatic rings. The topological polar surface area (TPSA) is 53.2 Å². The number of nitrogens with one attached hydrogen (secondary N) is 3. The minimum Gasteiger partial charge on any atom is -0.385 e. The van der Waals surface area contributed by atoms with Crippen molar-refractivity contribution in [3.8, 4) is 0 Å². The summed E-state index contributed by atoms with van der Waals surface area (Å²) in [6, 6.07) is 1.61. The third-order valence-electron chi connectivity index (χ3n) is 6.06. The predicted molar refractivity (Wildman–Crippen MR) is 109 cm³/mol. The number of hydrogen-bond donors (Lipinski definition) is 3. The van der Waals surface area contributed by atoms with Gasteiger partial charge in [-0.2, -0.15) is 26.3 Å². The number of anilines is 1. The molecule has 32 heavy (non-hydrogen) atoms. The van der Waals surface area contributed by atoms with Gasteiger partial charge in [0.2, 0.25) is 5.91 Å². The monoisotopic (exact) mass is 463 g/mol. The van der Waals surface area contributed by atoms with Gasteiger partial charge in [-0.3, -0.25) is 4.79 Å². The van der Waals surface area contributed by atoms with Crippen molar-refractivity contribution < 1.29 is 31.1 Å². The minimum absolute atomic E-state index is 0.0267. The number of carbonyl (C=O) groups is 1. The smallest absolute Gasteiger partial charge is 0.385 e. The Morgan fingerprint density at radius 2 is 1.56 bits per heavy atom. The molecule has 0 radical (unpaired) electrons. The summed E-state index contributed by atoms with van der Waals surface area (Å²) in [5.74, 6) is -0.563. The molecule has 0 aromatic heterocycles. The van der Waals surface area contributed by atoms with E-state index in [1.165, 1.54) is 0 Å². The molecule has 1 saturated carbocycles. The van der Waals surface area contributed by atoms with E-state index < -0.39 is 35.1 Å². The Morgan fingerprint density at radius 3 is 2.06 bits per heavy atom. The second-order valence-electron chi connectivity index (χ2n) is 8.58. The van der Waals surface area contributed by atoms with Crippen LogP contribution in [-0.2, 0) is 17.1 Å². The van der Waals surface area contributed by atoms with Crippen molar-refractivity contribution >= 4 is 11.6 Å². The fourth-order valence-electron chi connectivity index (χ4n) is 4.36. The van der Waals surface area contributed by atoms with Gasteiger partial charge >= 0.3 is 12.4 Å². The first-order chi connectivity index (χ1) is 14.9. The number of hydrogen-bond acceptors (Lipinski definition) is 3. The average Bonchev–Trinajstić information content (AvgIpc) is 3.23. The zero-order valence-electron chi connectivity index (χ0n) is 17.5. The summed E-state index contributed by atoms with van der Waals surface area (Å²) < 4.78 is 77.9. The van der Waals surface area contributed by atoms with Gasteiger partial charge in [0.05, 0.1) is 11.1 Å². The Kier molecular flexibility index (Phi) is 7.42. The second-order valence-corrected chi connectivity index (χ2v) is 8.58. The Bertz CT molecular complexity index is 790. The standard InChI is InChI=1S/C22H27F6N3O/c1-13(19-3-2-8-29-19)30-17-6-4-14(5-7-17)9-20(32)31-18-11-15(21(23,24)25)10-16(12-18)22(26,27)28/h10-12,14,17,19,29-30H,1-9H2,(H,31,32)/t14?,17?,19-/m1/s1. The fraction of sp³-hybridized carbons (Fsp3) is 0.591. The minimum atomic E-state index is -4.95. The third-order valence-corrected chi connectivity index (χ3v) is 6.06. The molecule has 1 atom stereocenters. The molecule has 1 aliphatic carbocycles. The van der Waals surface area contributed by atoms with Crippen LogP contribution in [0.3, 0.4) is 0 Å². The fourth-order valence-corrected chi connectivity index (χ4v) is 4.36. The Labute approximate surface area is 182 Å². The van der Waals surface area contributed by atoms with Crippen LogP contribution in [0.25, 0.3) is 0 Å². The van der Waals surface area contributed by atoms with Gasteiger partial charge in [0.25, 0.3) is 0 Å². The predicted octanol–water partition coefficient (Wildman–Crippen LogP) is 5.47. The van der Waals surface area contributed by atoms with Gasteiger partial charge in [-0.25, -0.2) is 0 Å². The number of rotatable bonds is 6. The largest absolute Gasteiger partial charge is 0.416 e. The lowest BCUT2D eigenvalue weighted by atomic mass is 9.83. The number of benzene rings is 1. The molecule has 178 valence electrons. The van der Waals surface area contributed by atoms with Crippen molar-refractivity contribution in [1.82, 2.24) is 10.6 Å². The van der Waals surface area contributed by atoms with Crippen molar-refractivity contribution in [1.29, 1.82) is 0 Å². The average molecular weight is 463 g/mol. The summed E-state index contributed by atoms with van der Waals surface area (Å²) in [5, 5.41) is 9.04. The normalized spacial score (nSPS) is 24.2. The van der Waals surface area contributed by atoms with E-state index in [4.69, 9.17) is 0 Å².